The number of nitro benzene ring substituents is 1. The van der Waals surface area contributed by atoms with Crippen LogP contribution in [0.1, 0.15) is 38.7 Å². The maximum Gasteiger partial charge on any atom is 0.408 e. The number of hydrogen-bond acceptors (Lipinski definition) is 6. The molecule has 2 aromatic rings. The second-order valence-corrected chi connectivity index (χ2v) is 7.91. The summed E-state index contributed by atoms with van der Waals surface area (Å²) in [7, 11) is 0. The van der Waals surface area contributed by atoms with Crippen LogP contribution in [0.5, 0.6) is 5.75 Å². The van der Waals surface area contributed by atoms with E-state index < -0.39 is 28.1 Å². The van der Waals surface area contributed by atoms with E-state index in [0.717, 1.165) is 5.56 Å². The zero-order valence-corrected chi connectivity index (χ0v) is 16.4. The Morgan fingerprint density at radius 1 is 1.10 bits per heavy atom. The van der Waals surface area contributed by atoms with Gasteiger partial charge in [-0.2, -0.15) is 0 Å². The van der Waals surface area contributed by atoms with Gasteiger partial charge in [0.2, 0.25) is 0 Å². The highest BCUT2D eigenvalue weighted by Crippen LogP contribution is 2.52. The molecule has 3 rings (SSSR count). The topological polar surface area (TPSA) is 108 Å². The highest BCUT2D eigenvalue weighted by molar-refractivity contribution is 5.92. The maximum absolute atomic E-state index is 13.0. The van der Waals surface area contributed by atoms with Crippen molar-refractivity contribution in [3.8, 4) is 5.75 Å². The van der Waals surface area contributed by atoms with E-state index in [1.54, 1.807) is 20.8 Å². The van der Waals surface area contributed by atoms with Crippen LogP contribution in [0.3, 0.4) is 0 Å². The molecule has 1 aliphatic carbocycles. The van der Waals surface area contributed by atoms with E-state index in [-0.39, 0.29) is 17.4 Å². The summed E-state index contributed by atoms with van der Waals surface area (Å²) < 4.78 is 10.7. The van der Waals surface area contributed by atoms with Crippen LogP contribution in [0.2, 0.25) is 0 Å². The van der Waals surface area contributed by atoms with Gasteiger partial charge in [-0.3, -0.25) is 10.1 Å². The number of esters is 1. The van der Waals surface area contributed by atoms with Gasteiger partial charge in [-0.1, -0.05) is 30.3 Å². The van der Waals surface area contributed by atoms with Gasteiger partial charge in [-0.15, -0.1) is 0 Å². The number of hydrogen-bond donors (Lipinski definition) is 1. The molecule has 0 spiro atoms. The highest BCUT2D eigenvalue weighted by Gasteiger charge is 2.63. The van der Waals surface area contributed by atoms with Gasteiger partial charge in [0.1, 0.15) is 16.9 Å². The molecule has 1 saturated carbocycles. The molecule has 2 unspecified atom stereocenters. The van der Waals surface area contributed by atoms with Crippen LogP contribution < -0.4 is 10.1 Å². The van der Waals surface area contributed by atoms with Crippen LogP contribution in [-0.4, -0.2) is 28.1 Å². The normalized spacial score (nSPS) is 20.4. The van der Waals surface area contributed by atoms with Crippen LogP contribution in [0, 0.1) is 10.1 Å². The average Bonchev–Trinajstić information content (AvgIpc) is 3.36. The molecular formula is C21H22N2O6. The number of benzene rings is 2. The van der Waals surface area contributed by atoms with E-state index >= 15 is 0 Å². The van der Waals surface area contributed by atoms with E-state index in [0.29, 0.717) is 6.42 Å². The second-order valence-electron chi connectivity index (χ2n) is 7.91. The number of amides is 1. The highest BCUT2D eigenvalue weighted by atomic mass is 16.6. The molecular weight excluding hydrogens is 376 g/mol. The van der Waals surface area contributed by atoms with Gasteiger partial charge in [-0.05, 0) is 44.9 Å². The molecule has 0 saturated heterocycles. The third-order valence-electron chi connectivity index (χ3n) is 4.51. The first-order valence-corrected chi connectivity index (χ1v) is 9.13. The third kappa shape index (κ3) is 4.71. The van der Waals surface area contributed by atoms with Crippen molar-refractivity contribution in [1.29, 1.82) is 0 Å². The smallest absolute Gasteiger partial charge is 0.408 e. The van der Waals surface area contributed by atoms with Gasteiger partial charge < -0.3 is 14.8 Å². The Labute approximate surface area is 168 Å². The van der Waals surface area contributed by atoms with Crippen LogP contribution in [0.15, 0.2) is 54.6 Å². The molecule has 1 fully saturated rings. The molecule has 0 heterocycles. The molecule has 0 aromatic heterocycles. The molecule has 2 atom stereocenters. The predicted molar refractivity (Wildman–Crippen MR) is 105 cm³/mol. The summed E-state index contributed by atoms with van der Waals surface area (Å²) in [4.78, 5) is 35.6. The van der Waals surface area contributed by atoms with Crippen molar-refractivity contribution in [1.82, 2.24) is 5.32 Å². The van der Waals surface area contributed by atoms with Gasteiger partial charge in [0.15, 0.2) is 0 Å². The van der Waals surface area contributed by atoms with Gasteiger partial charge in [-0.25, -0.2) is 9.59 Å². The van der Waals surface area contributed by atoms with Crippen molar-refractivity contribution in [2.45, 2.75) is 44.2 Å². The summed E-state index contributed by atoms with van der Waals surface area (Å²) in [5, 5.41) is 13.5. The maximum atomic E-state index is 13.0. The number of nitrogens with one attached hydrogen (secondary N) is 1. The Morgan fingerprint density at radius 2 is 1.72 bits per heavy atom. The molecule has 29 heavy (non-hydrogen) atoms. The molecule has 2 aromatic carbocycles. The van der Waals surface area contributed by atoms with Crippen molar-refractivity contribution < 1.29 is 24.0 Å². The van der Waals surface area contributed by atoms with Crippen LogP contribution in [-0.2, 0) is 9.53 Å². The molecule has 1 N–H and O–H groups in total. The Morgan fingerprint density at radius 3 is 2.28 bits per heavy atom. The van der Waals surface area contributed by atoms with Gasteiger partial charge in [0, 0.05) is 18.1 Å². The van der Waals surface area contributed by atoms with Crippen molar-refractivity contribution in [3.05, 3.63) is 70.3 Å². The molecule has 8 heteroatoms. The Kier molecular flexibility index (Phi) is 5.28. The van der Waals surface area contributed by atoms with E-state index in [2.05, 4.69) is 5.32 Å². The largest absolute Gasteiger partial charge is 0.444 e. The lowest BCUT2D eigenvalue weighted by molar-refractivity contribution is -0.384. The van der Waals surface area contributed by atoms with Crippen molar-refractivity contribution >= 4 is 17.7 Å². The minimum Gasteiger partial charge on any atom is -0.444 e. The van der Waals surface area contributed by atoms with E-state index in [9.17, 15) is 19.7 Å². The van der Waals surface area contributed by atoms with Crippen LogP contribution in [0.4, 0.5) is 10.5 Å². The van der Waals surface area contributed by atoms with Crippen molar-refractivity contribution in [2.24, 2.45) is 0 Å². The van der Waals surface area contributed by atoms with Gasteiger partial charge >= 0.3 is 12.1 Å². The zero-order valence-electron chi connectivity index (χ0n) is 16.4. The summed E-state index contributed by atoms with van der Waals surface area (Å²) in [6, 6.07) is 14.5. The minimum absolute atomic E-state index is 0.111. The molecule has 0 radical (unpaired) electrons. The summed E-state index contributed by atoms with van der Waals surface area (Å²) in [5.41, 5.74) is -1.19. The zero-order chi connectivity index (χ0) is 21.2. The summed E-state index contributed by atoms with van der Waals surface area (Å²) in [5.74, 6) is -0.752. The first kappa shape index (κ1) is 20.3. The molecule has 0 bridgehead atoms. The summed E-state index contributed by atoms with van der Waals surface area (Å²) in [6.07, 6.45) is -0.348. The number of nitro groups is 1. The fourth-order valence-electron chi connectivity index (χ4n) is 3.09. The number of ether oxygens (including phenoxy) is 2. The fraction of sp³-hybridized carbons (Fsp3) is 0.333. The molecule has 152 valence electrons. The van der Waals surface area contributed by atoms with E-state index in [1.807, 2.05) is 30.3 Å². The van der Waals surface area contributed by atoms with Gasteiger partial charge in [0.25, 0.3) is 5.69 Å². The van der Waals surface area contributed by atoms with Crippen molar-refractivity contribution in [2.75, 3.05) is 0 Å². The number of carbonyl (C=O) groups excluding carboxylic acids is 2. The number of rotatable bonds is 5. The first-order valence-electron chi connectivity index (χ1n) is 9.13. The standard InChI is InChI=1S/C21H22N2O6/c1-20(2,3)29-19(25)22-21(13-17(21)14-7-5-4-6-8-14)18(24)28-16-11-9-15(10-12-16)23(26)27/h4-12,17H,13H2,1-3H3,(H,22,25). The summed E-state index contributed by atoms with van der Waals surface area (Å²) >= 11 is 0. The Bertz CT molecular complexity index is 920. The quantitative estimate of drug-likeness (QED) is 0.354. The van der Waals surface area contributed by atoms with Gasteiger partial charge in [0.05, 0.1) is 4.92 Å². The van der Waals surface area contributed by atoms with E-state index in [4.69, 9.17) is 9.47 Å². The lowest BCUT2D eigenvalue weighted by Gasteiger charge is -2.23. The number of alkyl carbamates (subject to hydrolysis) is 1. The SMILES string of the molecule is CC(C)(C)OC(=O)NC1(C(=O)Oc2ccc([N+](=O)[O-])cc2)CC1c1ccccc1. The average molecular weight is 398 g/mol. The van der Waals surface area contributed by atoms with Crippen LogP contribution >= 0.6 is 0 Å². The molecule has 0 aliphatic heterocycles. The first-order chi connectivity index (χ1) is 13.6. The predicted octanol–water partition coefficient (Wildman–Crippen LogP) is 3.95. The Balaban J connectivity index is 1.80. The lowest BCUT2D eigenvalue weighted by atomic mass is 10.1. The number of nitrogens with zero attached hydrogens (tertiary/aromatic N) is 1. The van der Waals surface area contributed by atoms with Crippen molar-refractivity contribution in [3.63, 3.8) is 0 Å². The number of carbonyl (C=O) groups is 2. The minimum atomic E-state index is -1.26. The van der Waals surface area contributed by atoms with Crippen LogP contribution in [0.25, 0.3) is 0 Å². The molecule has 8 nitrogen and oxygen atoms in total. The lowest BCUT2D eigenvalue weighted by Crippen LogP contribution is -2.48. The summed E-state index contributed by atoms with van der Waals surface area (Å²) in [6.45, 7) is 5.20. The monoisotopic (exact) mass is 398 g/mol. The van der Waals surface area contributed by atoms with E-state index in [1.165, 1.54) is 24.3 Å². The third-order valence-corrected chi connectivity index (χ3v) is 4.51. The number of non-ortho nitro benzene ring substituents is 1. The second kappa shape index (κ2) is 7.54. The fourth-order valence-corrected chi connectivity index (χ4v) is 3.09. The Hall–Kier alpha value is -3.42. The molecule has 1 amide bonds. The molecule has 1 aliphatic rings.